The number of thiazole rings is 1. The summed E-state index contributed by atoms with van der Waals surface area (Å²) in [6.45, 7) is 3.37. The summed E-state index contributed by atoms with van der Waals surface area (Å²) in [5.74, 6) is 1.16. The first-order chi connectivity index (χ1) is 12.6. The summed E-state index contributed by atoms with van der Waals surface area (Å²) >= 11 is 1.62. The maximum Gasteiger partial charge on any atom is 0.289 e. The molecule has 3 heterocycles. The number of carbonyl (C=O) groups is 1. The van der Waals surface area contributed by atoms with Crippen molar-refractivity contribution in [3.63, 3.8) is 0 Å². The Morgan fingerprint density at radius 1 is 1.33 bits per heavy atom. The van der Waals surface area contributed by atoms with Crippen molar-refractivity contribution in [2.45, 2.75) is 6.54 Å². The molecule has 0 atom stereocenters. The van der Waals surface area contributed by atoms with Crippen LogP contribution in [0.25, 0.3) is 0 Å². The molecule has 148 valence electrons. The van der Waals surface area contributed by atoms with E-state index in [9.17, 15) is 4.79 Å². The number of guanidine groups is 1. The fourth-order valence-corrected chi connectivity index (χ4v) is 3.52. The molecule has 8 nitrogen and oxygen atoms in total. The lowest BCUT2D eigenvalue weighted by atomic mass is 10.3. The van der Waals surface area contributed by atoms with Gasteiger partial charge in [-0.25, -0.2) is 4.98 Å². The first-order valence-electron chi connectivity index (χ1n) is 8.48. The van der Waals surface area contributed by atoms with Crippen molar-refractivity contribution >= 4 is 52.3 Å². The Hall–Kier alpha value is -1.82. The normalized spacial score (nSPS) is 14.7. The Morgan fingerprint density at radius 3 is 2.59 bits per heavy atom. The number of rotatable bonds is 4. The van der Waals surface area contributed by atoms with Crippen LogP contribution in [0.3, 0.4) is 0 Å². The maximum absolute atomic E-state index is 12.3. The van der Waals surface area contributed by atoms with E-state index >= 15 is 0 Å². The third-order valence-electron chi connectivity index (χ3n) is 4.16. The van der Waals surface area contributed by atoms with E-state index in [0.29, 0.717) is 25.4 Å². The molecule has 3 rings (SSSR count). The number of furan rings is 1. The van der Waals surface area contributed by atoms with Crippen molar-refractivity contribution in [2.75, 3.05) is 52.2 Å². The fourth-order valence-electron chi connectivity index (χ4n) is 2.76. The largest absolute Gasteiger partial charge is 0.459 e. The van der Waals surface area contributed by atoms with Gasteiger partial charge < -0.3 is 24.4 Å². The summed E-state index contributed by atoms with van der Waals surface area (Å²) in [6, 6.07) is 3.43. The van der Waals surface area contributed by atoms with Crippen molar-refractivity contribution < 1.29 is 9.21 Å². The summed E-state index contributed by atoms with van der Waals surface area (Å²) in [4.78, 5) is 27.2. The minimum absolute atomic E-state index is 0. The average Bonchev–Trinajstić information content (AvgIpc) is 3.34. The van der Waals surface area contributed by atoms with Crippen molar-refractivity contribution in [1.29, 1.82) is 0 Å². The Kier molecular flexibility index (Phi) is 7.90. The number of nitrogens with zero attached hydrogens (tertiary/aromatic N) is 5. The molecule has 0 spiro atoms. The zero-order valence-corrected chi connectivity index (χ0v) is 18.9. The van der Waals surface area contributed by atoms with Gasteiger partial charge in [0.05, 0.1) is 18.5 Å². The van der Waals surface area contributed by atoms with Crippen LogP contribution in [-0.4, -0.2) is 74.0 Å². The average molecular weight is 504 g/mol. The number of halogens is 1. The summed E-state index contributed by atoms with van der Waals surface area (Å²) in [7, 11) is 5.74. The van der Waals surface area contributed by atoms with Gasteiger partial charge in [0.15, 0.2) is 16.9 Å². The van der Waals surface area contributed by atoms with Gasteiger partial charge in [-0.1, -0.05) is 0 Å². The number of piperazine rings is 1. The van der Waals surface area contributed by atoms with E-state index < -0.39 is 0 Å². The minimum Gasteiger partial charge on any atom is -0.459 e. The molecule has 1 amide bonds. The van der Waals surface area contributed by atoms with Gasteiger partial charge in [0.1, 0.15) is 0 Å². The molecule has 0 aliphatic carbocycles. The van der Waals surface area contributed by atoms with Crippen LogP contribution in [0.5, 0.6) is 0 Å². The zero-order valence-electron chi connectivity index (χ0n) is 15.7. The lowest BCUT2D eigenvalue weighted by Crippen LogP contribution is -2.53. The Labute approximate surface area is 180 Å². The van der Waals surface area contributed by atoms with E-state index in [1.807, 2.05) is 23.9 Å². The maximum atomic E-state index is 12.3. The smallest absolute Gasteiger partial charge is 0.289 e. The number of aliphatic imine (C=N–C) groups is 1. The molecule has 0 saturated carbocycles. The quantitative estimate of drug-likeness (QED) is 0.390. The van der Waals surface area contributed by atoms with Gasteiger partial charge in [-0.3, -0.25) is 9.79 Å². The number of nitrogens with one attached hydrogen (secondary N) is 1. The van der Waals surface area contributed by atoms with Crippen LogP contribution >= 0.6 is 35.3 Å². The second kappa shape index (κ2) is 9.93. The molecule has 10 heteroatoms. The summed E-state index contributed by atoms with van der Waals surface area (Å²) in [5, 5.41) is 6.40. The third-order valence-corrected chi connectivity index (χ3v) is 5.22. The van der Waals surface area contributed by atoms with E-state index in [1.54, 1.807) is 30.5 Å². The molecular formula is C17H25IN6O2S. The van der Waals surface area contributed by atoms with Gasteiger partial charge in [0.2, 0.25) is 0 Å². The predicted octanol–water partition coefficient (Wildman–Crippen LogP) is 1.95. The highest BCUT2D eigenvalue weighted by Gasteiger charge is 2.25. The molecule has 1 fully saturated rings. The second-order valence-corrected chi connectivity index (χ2v) is 7.01. The lowest BCUT2D eigenvalue weighted by Gasteiger charge is -2.36. The van der Waals surface area contributed by atoms with Crippen LogP contribution in [0, 0.1) is 0 Å². The van der Waals surface area contributed by atoms with Crippen molar-refractivity contribution in [3.8, 4) is 0 Å². The van der Waals surface area contributed by atoms with Crippen LogP contribution < -0.4 is 10.2 Å². The number of carbonyl (C=O) groups excluding carboxylic acids is 1. The van der Waals surface area contributed by atoms with Gasteiger partial charge in [-0.15, -0.1) is 35.3 Å². The van der Waals surface area contributed by atoms with E-state index in [1.165, 1.54) is 6.26 Å². The number of amides is 1. The molecule has 0 radical (unpaired) electrons. The van der Waals surface area contributed by atoms with Crippen molar-refractivity contribution in [1.82, 2.24) is 20.1 Å². The Bertz CT molecular complexity index is 753. The van der Waals surface area contributed by atoms with E-state index in [4.69, 9.17) is 4.42 Å². The topological polar surface area (TPSA) is 77.2 Å². The molecule has 27 heavy (non-hydrogen) atoms. The van der Waals surface area contributed by atoms with Crippen LogP contribution in [0.15, 0.2) is 33.2 Å². The Morgan fingerprint density at radius 2 is 2.04 bits per heavy atom. The first kappa shape index (κ1) is 21.5. The molecule has 1 saturated heterocycles. The van der Waals surface area contributed by atoms with Gasteiger partial charge >= 0.3 is 0 Å². The lowest BCUT2D eigenvalue weighted by molar-refractivity contribution is 0.0657. The van der Waals surface area contributed by atoms with Crippen molar-refractivity contribution in [3.05, 3.63) is 35.2 Å². The molecule has 2 aromatic rings. The number of hydrogen-bond donors (Lipinski definition) is 1. The van der Waals surface area contributed by atoms with Crippen LogP contribution in [0.2, 0.25) is 0 Å². The molecule has 1 aliphatic heterocycles. The monoisotopic (exact) mass is 504 g/mol. The van der Waals surface area contributed by atoms with Gasteiger partial charge in [-0.2, -0.15) is 0 Å². The highest BCUT2D eigenvalue weighted by Crippen LogP contribution is 2.17. The van der Waals surface area contributed by atoms with Crippen LogP contribution in [-0.2, 0) is 6.54 Å². The summed E-state index contributed by atoms with van der Waals surface area (Å²) < 4.78 is 5.20. The van der Waals surface area contributed by atoms with Gasteiger partial charge in [-0.05, 0) is 12.1 Å². The highest BCUT2D eigenvalue weighted by atomic mass is 127. The van der Waals surface area contributed by atoms with Crippen LogP contribution in [0.1, 0.15) is 16.2 Å². The highest BCUT2D eigenvalue weighted by molar-refractivity contribution is 14.0. The third kappa shape index (κ3) is 5.34. The van der Waals surface area contributed by atoms with E-state index in [-0.39, 0.29) is 29.9 Å². The molecular weight excluding hydrogens is 479 g/mol. The molecule has 2 aromatic heterocycles. The predicted molar refractivity (Wildman–Crippen MR) is 118 cm³/mol. The summed E-state index contributed by atoms with van der Waals surface area (Å²) in [6.07, 6.45) is 1.52. The van der Waals surface area contributed by atoms with Gasteiger partial charge in [0.25, 0.3) is 5.91 Å². The summed E-state index contributed by atoms with van der Waals surface area (Å²) in [5.41, 5.74) is 0.992. The Balaban J connectivity index is 0.00000261. The minimum atomic E-state index is -0.0590. The molecule has 0 unspecified atom stereocenters. The SMILES string of the molecule is CN=C(NCc1csc(N(C)C)n1)N1CCN(C(=O)c2ccco2)CC1.I. The van der Waals surface area contributed by atoms with Gasteiger partial charge in [0, 0.05) is 52.7 Å². The van der Waals surface area contributed by atoms with Crippen molar-refractivity contribution in [2.24, 2.45) is 4.99 Å². The fraction of sp³-hybridized carbons (Fsp3) is 0.471. The van der Waals surface area contributed by atoms with E-state index in [2.05, 4.69) is 25.6 Å². The molecule has 1 N–H and O–H groups in total. The van der Waals surface area contributed by atoms with Crippen LogP contribution in [0.4, 0.5) is 5.13 Å². The zero-order chi connectivity index (χ0) is 18.5. The second-order valence-electron chi connectivity index (χ2n) is 6.17. The van der Waals surface area contributed by atoms with E-state index in [0.717, 1.165) is 29.9 Å². The number of anilines is 1. The standard InChI is InChI=1S/C17H24N6O2S.HI/c1-18-16(19-11-13-12-26-17(20-13)21(2)3)23-8-6-22(7-9-23)15(24)14-5-4-10-25-14;/h4-5,10,12H,6-9,11H2,1-3H3,(H,18,19);1H. The number of aromatic nitrogens is 1. The molecule has 0 aromatic carbocycles. The first-order valence-corrected chi connectivity index (χ1v) is 9.36. The molecule has 0 bridgehead atoms. The molecule has 1 aliphatic rings. The number of hydrogen-bond acceptors (Lipinski definition) is 6.